The molecule has 0 aliphatic carbocycles. The molecular weight excluding hydrogens is 230 g/mol. The van der Waals surface area contributed by atoms with Crippen LogP contribution in [0.5, 0.6) is 0 Å². The number of carboxylic acids is 1. The van der Waals surface area contributed by atoms with Crippen LogP contribution >= 0.6 is 0 Å². The van der Waals surface area contributed by atoms with Crippen molar-refractivity contribution < 1.29 is 9.90 Å². The first-order chi connectivity index (χ1) is 8.68. The van der Waals surface area contributed by atoms with Crippen molar-refractivity contribution in [3.63, 3.8) is 0 Å². The molecular formula is C13H19N3O2. The molecule has 1 aromatic rings. The van der Waals surface area contributed by atoms with Crippen molar-refractivity contribution in [2.75, 3.05) is 18.0 Å². The zero-order valence-corrected chi connectivity index (χ0v) is 10.7. The van der Waals surface area contributed by atoms with Crippen LogP contribution in [0.1, 0.15) is 48.2 Å². The molecule has 0 aromatic carbocycles. The molecule has 0 bridgehead atoms. The van der Waals surface area contributed by atoms with Gasteiger partial charge in [0.1, 0.15) is 0 Å². The highest BCUT2D eigenvalue weighted by Gasteiger charge is 2.15. The molecule has 1 N–H and O–H groups in total. The minimum atomic E-state index is -0.966. The molecule has 0 spiro atoms. The number of aromatic carboxylic acids is 1. The van der Waals surface area contributed by atoms with E-state index in [1.807, 2.05) is 0 Å². The van der Waals surface area contributed by atoms with E-state index >= 15 is 0 Å². The Morgan fingerprint density at radius 1 is 1.22 bits per heavy atom. The maximum absolute atomic E-state index is 10.9. The summed E-state index contributed by atoms with van der Waals surface area (Å²) in [5.74, 6) is -0.300. The van der Waals surface area contributed by atoms with E-state index in [0.717, 1.165) is 25.9 Å². The molecule has 2 rings (SSSR count). The van der Waals surface area contributed by atoms with Gasteiger partial charge in [-0.2, -0.15) is 0 Å². The van der Waals surface area contributed by atoms with E-state index in [1.165, 1.54) is 25.5 Å². The largest absolute Gasteiger partial charge is 0.478 e. The summed E-state index contributed by atoms with van der Waals surface area (Å²) >= 11 is 0. The number of rotatable bonds is 2. The summed E-state index contributed by atoms with van der Waals surface area (Å²) in [7, 11) is 0. The molecule has 1 aromatic heterocycles. The van der Waals surface area contributed by atoms with Crippen LogP contribution in [0.25, 0.3) is 0 Å². The first-order valence-corrected chi connectivity index (χ1v) is 6.50. The van der Waals surface area contributed by atoms with Crippen LogP contribution < -0.4 is 4.90 Å². The average Bonchev–Trinajstić information content (AvgIpc) is 2.27. The number of anilines is 1. The van der Waals surface area contributed by atoms with Gasteiger partial charge >= 0.3 is 5.97 Å². The summed E-state index contributed by atoms with van der Waals surface area (Å²) in [6.45, 7) is 3.65. The summed E-state index contributed by atoms with van der Waals surface area (Å²) in [6.07, 6.45) is 7.54. The van der Waals surface area contributed by atoms with Crippen molar-refractivity contribution in [2.24, 2.45) is 0 Å². The van der Waals surface area contributed by atoms with E-state index < -0.39 is 5.97 Å². The monoisotopic (exact) mass is 249 g/mol. The predicted octanol–water partition coefficient (Wildman–Crippen LogP) is 2.25. The Hall–Kier alpha value is -1.65. The molecule has 98 valence electrons. The fraction of sp³-hybridized carbons (Fsp3) is 0.615. The van der Waals surface area contributed by atoms with Crippen LogP contribution in [-0.2, 0) is 0 Å². The van der Waals surface area contributed by atoms with Gasteiger partial charge in [0.05, 0.1) is 11.3 Å². The van der Waals surface area contributed by atoms with E-state index in [4.69, 9.17) is 5.11 Å². The fourth-order valence-electron chi connectivity index (χ4n) is 2.26. The topological polar surface area (TPSA) is 66.3 Å². The lowest BCUT2D eigenvalue weighted by molar-refractivity contribution is 0.0695. The number of hydrogen-bond acceptors (Lipinski definition) is 4. The third kappa shape index (κ3) is 2.97. The van der Waals surface area contributed by atoms with Gasteiger partial charge in [-0.05, 0) is 19.8 Å². The normalized spacial score (nSPS) is 17.1. The zero-order chi connectivity index (χ0) is 13.0. The van der Waals surface area contributed by atoms with E-state index in [-0.39, 0.29) is 5.56 Å². The molecule has 2 heterocycles. The second-order valence-electron chi connectivity index (χ2n) is 4.73. The number of aromatic nitrogens is 2. The average molecular weight is 249 g/mol. The summed E-state index contributed by atoms with van der Waals surface area (Å²) in [4.78, 5) is 21.6. The van der Waals surface area contributed by atoms with Gasteiger partial charge in [0, 0.05) is 19.3 Å². The van der Waals surface area contributed by atoms with Gasteiger partial charge in [0.15, 0.2) is 0 Å². The summed E-state index contributed by atoms with van der Waals surface area (Å²) in [6, 6.07) is 0. The Morgan fingerprint density at radius 2 is 1.83 bits per heavy atom. The molecule has 1 aliphatic rings. The Bertz CT molecular complexity index is 426. The molecule has 1 fully saturated rings. The van der Waals surface area contributed by atoms with Crippen LogP contribution in [0.4, 0.5) is 5.95 Å². The maximum Gasteiger partial charge on any atom is 0.339 e. The van der Waals surface area contributed by atoms with E-state index in [1.54, 1.807) is 6.92 Å². The molecule has 0 saturated carbocycles. The van der Waals surface area contributed by atoms with Crippen molar-refractivity contribution in [3.05, 3.63) is 17.5 Å². The van der Waals surface area contributed by atoms with Gasteiger partial charge in [-0.25, -0.2) is 14.8 Å². The van der Waals surface area contributed by atoms with Gasteiger partial charge in [-0.3, -0.25) is 0 Å². The van der Waals surface area contributed by atoms with Crippen LogP contribution in [-0.4, -0.2) is 34.1 Å². The SMILES string of the molecule is Cc1nc(N2CCCCCCC2)ncc1C(=O)O. The maximum atomic E-state index is 10.9. The zero-order valence-electron chi connectivity index (χ0n) is 10.7. The lowest BCUT2D eigenvalue weighted by atomic mass is 10.1. The van der Waals surface area contributed by atoms with Crippen molar-refractivity contribution in [1.82, 2.24) is 9.97 Å². The van der Waals surface area contributed by atoms with E-state index in [0.29, 0.717) is 11.6 Å². The highest BCUT2D eigenvalue weighted by Crippen LogP contribution is 2.16. The Balaban J connectivity index is 2.16. The Labute approximate surface area is 107 Å². The molecule has 0 radical (unpaired) electrons. The van der Waals surface area contributed by atoms with E-state index in [2.05, 4.69) is 14.9 Å². The quantitative estimate of drug-likeness (QED) is 0.870. The predicted molar refractivity (Wildman–Crippen MR) is 69.0 cm³/mol. The molecule has 0 unspecified atom stereocenters. The standard InChI is InChI=1S/C13H19N3O2/c1-10-11(12(17)18)9-14-13(15-10)16-7-5-3-2-4-6-8-16/h9H,2-8H2,1H3,(H,17,18). The van der Waals surface area contributed by atoms with Crippen molar-refractivity contribution in [2.45, 2.75) is 39.0 Å². The molecule has 5 nitrogen and oxygen atoms in total. The highest BCUT2D eigenvalue weighted by molar-refractivity contribution is 5.88. The third-order valence-electron chi connectivity index (χ3n) is 3.34. The van der Waals surface area contributed by atoms with Crippen molar-refractivity contribution in [1.29, 1.82) is 0 Å². The molecule has 18 heavy (non-hydrogen) atoms. The summed E-state index contributed by atoms with van der Waals surface area (Å²) < 4.78 is 0. The number of hydrogen-bond donors (Lipinski definition) is 1. The van der Waals surface area contributed by atoms with Gasteiger partial charge in [0.2, 0.25) is 5.95 Å². The van der Waals surface area contributed by atoms with Crippen molar-refractivity contribution in [3.8, 4) is 0 Å². The number of carboxylic acid groups (broad SMARTS) is 1. The highest BCUT2D eigenvalue weighted by atomic mass is 16.4. The first-order valence-electron chi connectivity index (χ1n) is 6.50. The smallest absolute Gasteiger partial charge is 0.339 e. The lowest BCUT2D eigenvalue weighted by Crippen LogP contribution is -2.29. The fourth-order valence-corrected chi connectivity index (χ4v) is 2.26. The van der Waals surface area contributed by atoms with Crippen LogP contribution in [0.15, 0.2) is 6.20 Å². The van der Waals surface area contributed by atoms with Gasteiger partial charge in [-0.1, -0.05) is 19.3 Å². The van der Waals surface area contributed by atoms with Crippen LogP contribution in [0, 0.1) is 6.92 Å². The van der Waals surface area contributed by atoms with E-state index in [9.17, 15) is 4.79 Å². The molecule has 0 amide bonds. The molecule has 1 aliphatic heterocycles. The first kappa shape index (κ1) is 12.8. The number of aryl methyl sites for hydroxylation is 1. The summed E-state index contributed by atoms with van der Waals surface area (Å²) in [5, 5.41) is 8.96. The van der Waals surface area contributed by atoms with Crippen LogP contribution in [0.2, 0.25) is 0 Å². The molecule has 5 heteroatoms. The van der Waals surface area contributed by atoms with Crippen LogP contribution in [0.3, 0.4) is 0 Å². The minimum absolute atomic E-state index is 0.186. The molecule has 0 atom stereocenters. The van der Waals surface area contributed by atoms with Gasteiger partial charge in [0.25, 0.3) is 0 Å². The van der Waals surface area contributed by atoms with Gasteiger partial charge in [-0.15, -0.1) is 0 Å². The lowest BCUT2D eigenvalue weighted by Gasteiger charge is -2.24. The second-order valence-corrected chi connectivity index (χ2v) is 4.73. The second kappa shape index (κ2) is 5.80. The van der Waals surface area contributed by atoms with Gasteiger partial charge < -0.3 is 10.0 Å². The number of nitrogens with zero attached hydrogens (tertiary/aromatic N) is 3. The number of carbonyl (C=O) groups is 1. The molecule has 1 saturated heterocycles. The minimum Gasteiger partial charge on any atom is -0.478 e. The Kier molecular flexibility index (Phi) is 4.12. The Morgan fingerprint density at radius 3 is 2.39 bits per heavy atom. The third-order valence-corrected chi connectivity index (χ3v) is 3.34. The summed E-state index contributed by atoms with van der Waals surface area (Å²) in [5.41, 5.74) is 0.723. The van der Waals surface area contributed by atoms with Crippen molar-refractivity contribution >= 4 is 11.9 Å².